The predicted molar refractivity (Wildman–Crippen MR) is 82.1 cm³/mol. The second kappa shape index (κ2) is 5.35. The summed E-state index contributed by atoms with van der Waals surface area (Å²) in [5, 5.41) is 10.2. The summed E-state index contributed by atoms with van der Waals surface area (Å²) in [4.78, 5) is 4.52. The van der Waals surface area contributed by atoms with Crippen molar-refractivity contribution in [2.24, 2.45) is 0 Å². The lowest BCUT2D eigenvalue weighted by Crippen LogP contribution is -1.89. The van der Waals surface area contributed by atoms with Gasteiger partial charge in [-0.05, 0) is 18.2 Å². The minimum absolute atomic E-state index is 0.0128. The lowest BCUT2D eigenvalue weighted by atomic mass is 10.1. The summed E-state index contributed by atoms with van der Waals surface area (Å²) in [7, 11) is 0. The van der Waals surface area contributed by atoms with Crippen molar-refractivity contribution in [2.75, 3.05) is 5.73 Å². The molecule has 0 spiro atoms. The normalized spacial score (nSPS) is 10.3. The number of aromatic nitrogens is 1. The third-order valence-corrected chi connectivity index (χ3v) is 3.97. The first-order valence-corrected chi connectivity index (χ1v) is 7.02. The summed E-state index contributed by atoms with van der Waals surface area (Å²) in [6.45, 7) is 0. The number of anilines is 1. The van der Waals surface area contributed by atoms with Crippen LogP contribution in [-0.4, -0.2) is 4.98 Å². The van der Waals surface area contributed by atoms with Gasteiger partial charge in [-0.25, -0.2) is 9.37 Å². The zero-order valence-electron chi connectivity index (χ0n) is 10.9. The van der Waals surface area contributed by atoms with E-state index >= 15 is 0 Å². The molecule has 2 aromatic carbocycles. The maximum Gasteiger partial charge on any atom is 0.140 e. The Bertz CT molecular complexity index is 834. The maximum absolute atomic E-state index is 13.4. The van der Waals surface area contributed by atoms with Crippen LogP contribution in [0.15, 0.2) is 48.5 Å². The van der Waals surface area contributed by atoms with Gasteiger partial charge in [0.25, 0.3) is 0 Å². The molecule has 0 bridgehead atoms. The van der Waals surface area contributed by atoms with Gasteiger partial charge >= 0.3 is 0 Å². The third-order valence-electron chi connectivity index (χ3n) is 3.03. The molecule has 0 unspecified atom stereocenters. The van der Waals surface area contributed by atoms with E-state index in [1.807, 2.05) is 36.4 Å². The van der Waals surface area contributed by atoms with Crippen LogP contribution in [0, 0.1) is 17.1 Å². The monoisotopic (exact) mass is 295 g/mol. The minimum Gasteiger partial charge on any atom is -0.389 e. The topological polar surface area (TPSA) is 62.7 Å². The summed E-state index contributed by atoms with van der Waals surface area (Å²) in [6.07, 6.45) is 0. The molecular weight excluding hydrogens is 285 g/mol. The molecule has 21 heavy (non-hydrogen) atoms. The number of nitrogens with two attached hydrogens (primary N) is 1. The first kappa shape index (κ1) is 13.3. The molecule has 102 valence electrons. The summed E-state index contributed by atoms with van der Waals surface area (Å²) < 4.78 is 13.4. The molecule has 3 rings (SSSR count). The van der Waals surface area contributed by atoms with Crippen LogP contribution in [-0.2, 0) is 0 Å². The van der Waals surface area contributed by atoms with E-state index in [2.05, 4.69) is 4.98 Å². The lowest BCUT2D eigenvalue weighted by Gasteiger charge is -2.00. The molecule has 3 aromatic rings. The number of nitrogens with zero attached hydrogens (tertiary/aromatic N) is 2. The highest BCUT2D eigenvalue weighted by Gasteiger charge is 2.13. The fraction of sp³-hybridized carbons (Fsp3) is 0. The number of hydrogen-bond donors (Lipinski definition) is 1. The van der Waals surface area contributed by atoms with Crippen LogP contribution in [0.3, 0.4) is 0 Å². The minimum atomic E-state index is -0.543. The summed E-state index contributed by atoms with van der Waals surface area (Å²) in [5.74, 6) is -0.543. The fourth-order valence-corrected chi connectivity index (χ4v) is 2.86. The number of benzene rings is 2. The molecule has 1 heterocycles. The molecule has 2 N–H and O–H groups in total. The number of rotatable bonds is 2. The van der Waals surface area contributed by atoms with Gasteiger partial charge in [0, 0.05) is 11.1 Å². The second-order valence-electron chi connectivity index (χ2n) is 4.40. The van der Waals surface area contributed by atoms with E-state index in [1.165, 1.54) is 23.5 Å². The van der Waals surface area contributed by atoms with E-state index < -0.39 is 5.82 Å². The SMILES string of the molecule is N#Cc1cc(-c2nc(-c3ccccc3)sc2N)ccc1F. The van der Waals surface area contributed by atoms with Crippen LogP contribution >= 0.6 is 11.3 Å². The molecule has 0 radical (unpaired) electrons. The standard InChI is InChI=1S/C16H10FN3S/c17-13-7-6-11(8-12(13)9-18)14-15(19)21-16(20-14)10-4-2-1-3-5-10/h1-8H,19H2. The van der Waals surface area contributed by atoms with Crippen molar-refractivity contribution in [3.05, 3.63) is 59.9 Å². The molecule has 0 aliphatic heterocycles. The van der Waals surface area contributed by atoms with Crippen molar-refractivity contribution in [1.29, 1.82) is 5.26 Å². The van der Waals surface area contributed by atoms with Crippen molar-refractivity contribution in [1.82, 2.24) is 4.98 Å². The molecule has 0 aliphatic rings. The molecule has 0 amide bonds. The molecule has 0 saturated carbocycles. The van der Waals surface area contributed by atoms with Gasteiger partial charge in [0.1, 0.15) is 27.6 Å². The van der Waals surface area contributed by atoms with E-state index in [0.717, 1.165) is 10.6 Å². The highest BCUT2D eigenvalue weighted by Crippen LogP contribution is 2.36. The van der Waals surface area contributed by atoms with Crippen molar-refractivity contribution in [3.63, 3.8) is 0 Å². The fourth-order valence-electron chi connectivity index (χ4n) is 2.00. The van der Waals surface area contributed by atoms with E-state index in [1.54, 1.807) is 6.07 Å². The van der Waals surface area contributed by atoms with E-state index in [4.69, 9.17) is 11.0 Å². The van der Waals surface area contributed by atoms with Gasteiger partial charge in [0.2, 0.25) is 0 Å². The van der Waals surface area contributed by atoms with Crippen LogP contribution in [0.25, 0.3) is 21.8 Å². The molecule has 3 nitrogen and oxygen atoms in total. The second-order valence-corrected chi connectivity index (χ2v) is 5.43. The van der Waals surface area contributed by atoms with Crippen molar-refractivity contribution in [3.8, 4) is 27.9 Å². The van der Waals surface area contributed by atoms with E-state index in [0.29, 0.717) is 16.3 Å². The maximum atomic E-state index is 13.4. The Morgan fingerprint density at radius 2 is 1.86 bits per heavy atom. The Hall–Kier alpha value is -2.71. The van der Waals surface area contributed by atoms with Crippen LogP contribution < -0.4 is 5.73 Å². The van der Waals surface area contributed by atoms with E-state index in [9.17, 15) is 4.39 Å². The summed E-state index contributed by atoms with van der Waals surface area (Å²) in [5.41, 5.74) is 8.20. The zero-order chi connectivity index (χ0) is 14.8. The molecule has 5 heteroatoms. The first-order chi connectivity index (χ1) is 10.2. The number of nitriles is 1. The van der Waals surface area contributed by atoms with Gasteiger partial charge < -0.3 is 5.73 Å². The molecule has 1 aromatic heterocycles. The van der Waals surface area contributed by atoms with Gasteiger partial charge in [-0.3, -0.25) is 0 Å². The number of hydrogen-bond acceptors (Lipinski definition) is 4. The van der Waals surface area contributed by atoms with Crippen LogP contribution in [0.4, 0.5) is 9.39 Å². The Kier molecular flexibility index (Phi) is 3.38. The number of nitrogen functional groups attached to an aromatic ring is 1. The zero-order valence-corrected chi connectivity index (χ0v) is 11.7. The first-order valence-electron chi connectivity index (χ1n) is 6.21. The summed E-state index contributed by atoms with van der Waals surface area (Å²) >= 11 is 1.37. The van der Waals surface area contributed by atoms with Crippen molar-refractivity contribution >= 4 is 16.3 Å². The lowest BCUT2D eigenvalue weighted by molar-refractivity contribution is 0.624. The van der Waals surface area contributed by atoms with Gasteiger partial charge in [0.15, 0.2) is 0 Å². The Labute approximate surface area is 125 Å². The van der Waals surface area contributed by atoms with Gasteiger partial charge in [-0.2, -0.15) is 5.26 Å². The van der Waals surface area contributed by atoms with Crippen LogP contribution in [0.5, 0.6) is 0 Å². The molecule has 0 atom stereocenters. The Morgan fingerprint density at radius 1 is 1.10 bits per heavy atom. The molecule has 0 fully saturated rings. The molecule has 0 saturated heterocycles. The van der Waals surface area contributed by atoms with Crippen molar-refractivity contribution in [2.45, 2.75) is 0 Å². The van der Waals surface area contributed by atoms with E-state index in [-0.39, 0.29) is 5.56 Å². The quantitative estimate of drug-likeness (QED) is 0.775. The molecule has 0 aliphatic carbocycles. The Balaban J connectivity index is 2.09. The molecular formula is C16H10FN3S. The smallest absolute Gasteiger partial charge is 0.140 e. The highest BCUT2D eigenvalue weighted by atomic mass is 32.1. The predicted octanol–water partition coefficient (Wildman–Crippen LogP) is 4.07. The number of thiazole rings is 1. The highest BCUT2D eigenvalue weighted by molar-refractivity contribution is 7.19. The number of halogens is 1. The average molecular weight is 295 g/mol. The third kappa shape index (κ3) is 2.49. The van der Waals surface area contributed by atoms with Gasteiger partial charge in [0.05, 0.1) is 5.56 Å². The summed E-state index contributed by atoms with van der Waals surface area (Å²) in [6, 6.07) is 15.8. The van der Waals surface area contributed by atoms with Crippen molar-refractivity contribution < 1.29 is 4.39 Å². The largest absolute Gasteiger partial charge is 0.389 e. The Morgan fingerprint density at radius 3 is 2.57 bits per heavy atom. The van der Waals surface area contributed by atoms with Crippen LogP contribution in [0.2, 0.25) is 0 Å². The van der Waals surface area contributed by atoms with Gasteiger partial charge in [-0.15, -0.1) is 0 Å². The van der Waals surface area contributed by atoms with Gasteiger partial charge in [-0.1, -0.05) is 41.7 Å². The average Bonchev–Trinajstić information content (AvgIpc) is 2.91. The van der Waals surface area contributed by atoms with Crippen LogP contribution in [0.1, 0.15) is 5.56 Å².